The first-order valence-corrected chi connectivity index (χ1v) is 9.41. The van der Waals surface area contributed by atoms with Gasteiger partial charge in [-0.25, -0.2) is 0 Å². The van der Waals surface area contributed by atoms with Crippen LogP contribution in [0.1, 0.15) is 39.0 Å². The van der Waals surface area contributed by atoms with Crippen molar-refractivity contribution >= 4 is 11.8 Å². The molecule has 1 N–H and O–H groups in total. The van der Waals surface area contributed by atoms with E-state index in [4.69, 9.17) is 9.47 Å². The Kier molecular flexibility index (Phi) is 4.96. The van der Waals surface area contributed by atoms with Gasteiger partial charge in [-0.05, 0) is 56.2 Å². The second kappa shape index (κ2) is 6.55. The van der Waals surface area contributed by atoms with Gasteiger partial charge in [0.2, 0.25) is 0 Å². The van der Waals surface area contributed by atoms with E-state index in [1.165, 1.54) is 43.6 Å². The van der Waals surface area contributed by atoms with Gasteiger partial charge < -0.3 is 14.8 Å². The van der Waals surface area contributed by atoms with E-state index in [9.17, 15) is 0 Å². The van der Waals surface area contributed by atoms with Gasteiger partial charge in [-0.2, -0.15) is 11.8 Å². The van der Waals surface area contributed by atoms with E-state index in [-0.39, 0.29) is 5.60 Å². The summed E-state index contributed by atoms with van der Waals surface area (Å²) >= 11 is 2.06. The summed E-state index contributed by atoms with van der Waals surface area (Å²) in [4.78, 5) is 0. The lowest BCUT2D eigenvalue weighted by atomic mass is 9.78. The number of hydrogen-bond acceptors (Lipinski definition) is 4. The molecule has 3 nitrogen and oxygen atoms in total. The Hall–Kier alpha value is 0.230. The number of rotatable bonds is 6. The van der Waals surface area contributed by atoms with Gasteiger partial charge >= 0.3 is 0 Å². The Morgan fingerprint density at radius 2 is 2.20 bits per heavy atom. The first-order chi connectivity index (χ1) is 9.78. The van der Waals surface area contributed by atoms with Gasteiger partial charge in [-0.15, -0.1) is 0 Å². The number of methoxy groups -OCH3 is 1. The fraction of sp³-hybridized carbons (Fsp3) is 1.00. The molecule has 0 aromatic rings. The summed E-state index contributed by atoms with van der Waals surface area (Å²) in [6.45, 7) is 4.19. The van der Waals surface area contributed by atoms with Gasteiger partial charge in [-0.3, -0.25) is 0 Å². The predicted octanol–water partition coefficient (Wildman–Crippen LogP) is 2.69. The highest BCUT2D eigenvalue weighted by Crippen LogP contribution is 2.44. The minimum Gasteiger partial charge on any atom is -0.380 e. The molecule has 4 unspecified atom stereocenters. The van der Waals surface area contributed by atoms with Crippen LogP contribution in [0.2, 0.25) is 0 Å². The molecule has 2 heterocycles. The quantitative estimate of drug-likeness (QED) is 0.817. The van der Waals surface area contributed by atoms with E-state index >= 15 is 0 Å². The minimum absolute atomic E-state index is 0.184. The molecule has 0 aromatic heterocycles. The zero-order chi connectivity index (χ0) is 14.0. The van der Waals surface area contributed by atoms with E-state index in [1.54, 1.807) is 0 Å². The maximum absolute atomic E-state index is 6.19. The molecule has 3 rings (SSSR count). The summed E-state index contributed by atoms with van der Waals surface area (Å²) in [5.41, 5.74) is 0.184. The lowest BCUT2D eigenvalue weighted by molar-refractivity contribution is -0.0966. The lowest BCUT2D eigenvalue weighted by Crippen LogP contribution is -2.52. The maximum Gasteiger partial charge on any atom is 0.0783 e. The maximum atomic E-state index is 6.19. The van der Waals surface area contributed by atoms with Crippen molar-refractivity contribution in [1.29, 1.82) is 0 Å². The minimum atomic E-state index is 0.184. The molecular weight excluding hydrogens is 270 g/mol. The van der Waals surface area contributed by atoms with Crippen LogP contribution in [0.4, 0.5) is 0 Å². The van der Waals surface area contributed by atoms with Crippen LogP contribution in [0.25, 0.3) is 0 Å². The van der Waals surface area contributed by atoms with Gasteiger partial charge in [0.15, 0.2) is 0 Å². The summed E-state index contributed by atoms with van der Waals surface area (Å²) in [6, 6.07) is 0.517. The Balaban J connectivity index is 1.69. The van der Waals surface area contributed by atoms with E-state index < -0.39 is 0 Å². The van der Waals surface area contributed by atoms with Crippen LogP contribution >= 0.6 is 11.8 Å². The molecule has 4 heteroatoms. The molecule has 3 fully saturated rings. The Bertz CT molecular complexity index is 316. The smallest absolute Gasteiger partial charge is 0.0783 e. The monoisotopic (exact) mass is 299 g/mol. The number of likely N-dealkylation sites (N-methyl/N-ethyl adjacent to an activating group) is 1. The molecule has 2 saturated heterocycles. The highest BCUT2D eigenvalue weighted by molar-refractivity contribution is 7.99. The summed E-state index contributed by atoms with van der Waals surface area (Å²) in [5, 5.41) is 3.74. The van der Waals surface area contributed by atoms with Gasteiger partial charge in [0, 0.05) is 25.5 Å². The second-order valence-corrected chi connectivity index (χ2v) is 7.81. The predicted molar refractivity (Wildman–Crippen MR) is 84.3 cm³/mol. The molecule has 0 amide bonds. The van der Waals surface area contributed by atoms with Crippen molar-refractivity contribution in [3.63, 3.8) is 0 Å². The molecule has 0 bridgehead atoms. The molecule has 1 spiro atoms. The summed E-state index contributed by atoms with van der Waals surface area (Å²) in [7, 11) is 1.90. The molecule has 1 saturated carbocycles. The van der Waals surface area contributed by atoms with Crippen molar-refractivity contribution in [2.45, 2.75) is 56.8 Å². The summed E-state index contributed by atoms with van der Waals surface area (Å²) in [6.07, 6.45) is 6.77. The Morgan fingerprint density at radius 3 is 2.80 bits per heavy atom. The van der Waals surface area contributed by atoms with Crippen molar-refractivity contribution in [2.75, 3.05) is 31.8 Å². The molecule has 20 heavy (non-hydrogen) atoms. The second-order valence-electron chi connectivity index (χ2n) is 6.71. The molecule has 4 atom stereocenters. The van der Waals surface area contributed by atoms with Gasteiger partial charge in [-0.1, -0.05) is 6.92 Å². The first-order valence-electron chi connectivity index (χ1n) is 8.26. The van der Waals surface area contributed by atoms with Gasteiger partial charge in [0.1, 0.15) is 0 Å². The van der Waals surface area contributed by atoms with Crippen molar-refractivity contribution in [3.05, 3.63) is 0 Å². The van der Waals surface area contributed by atoms with E-state index in [1.807, 2.05) is 7.11 Å². The van der Waals surface area contributed by atoms with Crippen molar-refractivity contribution in [1.82, 2.24) is 5.32 Å². The molecule has 2 aliphatic heterocycles. The average molecular weight is 299 g/mol. The number of hydrogen-bond donors (Lipinski definition) is 1. The van der Waals surface area contributed by atoms with Crippen molar-refractivity contribution in [3.8, 4) is 0 Å². The Labute approximate surface area is 127 Å². The van der Waals surface area contributed by atoms with Crippen molar-refractivity contribution in [2.24, 2.45) is 11.8 Å². The molecule has 0 radical (unpaired) electrons. The lowest BCUT2D eigenvalue weighted by Gasteiger charge is -2.43. The number of thioether (sulfide) groups is 1. The highest BCUT2D eigenvalue weighted by atomic mass is 32.2. The third-order valence-corrected chi connectivity index (χ3v) is 6.48. The van der Waals surface area contributed by atoms with Crippen LogP contribution in [-0.2, 0) is 9.47 Å². The van der Waals surface area contributed by atoms with Crippen LogP contribution in [0.5, 0.6) is 0 Å². The Morgan fingerprint density at radius 1 is 1.35 bits per heavy atom. The SMILES string of the molecule is CCNC(C1CCOC2(CCSC2)C1)C(OC)C1CC1. The first kappa shape index (κ1) is 15.1. The van der Waals surface area contributed by atoms with Crippen LogP contribution in [0.15, 0.2) is 0 Å². The molecule has 3 aliphatic rings. The molecular formula is C16H29NO2S. The van der Waals surface area contributed by atoms with E-state index in [0.717, 1.165) is 19.1 Å². The molecule has 1 aliphatic carbocycles. The van der Waals surface area contributed by atoms with Gasteiger partial charge in [0.25, 0.3) is 0 Å². The summed E-state index contributed by atoms with van der Waals surface area (Å²) in [5.74, 6) is 3.98. The fourth-order valence-electron chi connectivity index (χ4n) is 4.08. The van der Waals surface area contributed by atoms with Crippen LogP contribution in [0.3, 0.4) is 0 Å². The fourth-order valence-corrected chi connectivity index (χ4v) is 5.46. The molecule has 0 aromatic carbocycles. The zero-order valence-corrected chi connectivity index (χ0v) is 13.7. The largest absolute Gasteiger partial charge is 0.380 e. The van der Waals surface area contributed by atoms with Crippen molar-refractivity contribution < 1.29 is 9.47 Å². The van der Waals surface area contributed by atoms with Crippen LogP contribution in [0, 0.1) is 11.8 Å². The summed E-state index contributed by atoms with van der Waals surface area (Å²) < 4.78 is 12.1. The average Bonchev–Trinajstić information content (AvgIpc) is 3.21. The third kappa shape index (κ3) is 3.18. The molecule has 116 valence electrons. The van der Waals surface area contributed by atoms with E-state index in [2.05, 4.69) is 24.0 Å². The number of nitrogens with one attached hydrogen (secondary N) is 1. The van der Waals surface area contributed by atoms with Crippen LogP contribution < -0.4 is 5.32 Å². The van der Waals surface area contributed by atoms with E-state index in [0.29, 0.717) is 18.1 Å². The standard InChI is InChI=1S/C16H29NO2S/c1-3-17-14(15(18-2)12-4-5-12)13-6-8-19-16(10-13)7-9-20-11-16/h12-15,17H,3-11H2,1-2H3. The normalized spacial score (nSPS) is 37.2. The third-order valence-electron chi connectivity index (χ3n) is 5.26. The number of ether oxygens (including phenoxy) is 2. The van der Waals surface area contributed by atoms with Gasteiger partial charge in [0.05, 0.1) is 11.7 Å². The highest BCUT2D eigenvalue weighted by Gasteiger charge is 2.46. The zero-order valence-electron chi connectivity index (χ0n) is 12.9. The topological polar surface area (TPSA) is 30.5 Å². The van der Waals surface area contributed by atoms with Crippen LogP contribution in [-0.4, -0.2) is 49.5 Å².